The zero-order valence-electron chi connectivity index (χ0n) is 12.5. The summed E-state index contributed by atoms with van der Waals surface area (Å²) < 4.78 is 6.88. The molecule has 2 rings (SSSR count). The molecule has 1 saturated heterocycles. The van der Waals surface area contributed by atoms with Crippen molar-refractivity contribution in [3.63, 3.8) is 0 Å². The molecule has 0 bridgehead atoms. The average molecular weight is 293 g/mol. The number of carbonyl (C=O) groups is 2. The van der Waals surface area contributed by atoms with Gasteiger partial charge in [-0.2, -0.15) is 0 Å². The third kappa shape index (κ3) is 4.60. The number of likely N-dealkylation sites (tertiary alicyclic amines) is 1. The average Bonchev–Trinajstić information content (AvgIpc) is 3.01. The van der Waals surface area contributed by atoms with E-state index in [0.717, 1.165) is 19.4 Å². The summed E-state index contributed by atoms with van der Waals surface area (Å²) in [7, 11) is 1.52. The van der Waals surface area contributed by atoms with Gasteiger partial charge >= 0.3 is 0 Å². The molecule has 0 aromatic carbocycles. The lowest BCUT2D eigenvalue weighted by Gasteiger charge is -2.31. The minimum atomic E-state index is 0.00367. The Morgan fingerprint density at radius 3 is 2.52 bits per heavy atom. The fourth-order valence-electron chi connectivity index (χ4n) is 2.58. The number of rotatable bonds is 6. The van der Waals surface area contributed by atoms with E-state index in [1.807, 2.05) is 29.1 Å². The second-order valence-corrected chi connectivity index (χ2v) is 5.30. The Kier molecular flexibility index (Phi) is 5.80. The monoisotopic (exact) mass is 293 g/mol. The standard InChI is InChI=1S/C15H23N3O3/c1-21-12-14(19)18-9-4-13(5-10-18)15(20)16-6-11-17-7-2-3-8-17/h2-3,7-8,13H,4-6,9-12H2,1H3,(H,16,20). The lowest BCUT2D eigenvalue weighted by atomic mass is 9.96. The van der Waals surface area contributed by atoms with Gasteiger partial charge in [0, 0.05) is 51.6 Å². The molecule has 0 unspecified atom stereocenters. The van der Waals surface area contributed by atoms with Gasteiger partial charge in [0.05, 0.1) is 0 Å². The number of piperidine rings is 1. The molecule has 6 nitrogen and oxygen atoms in total. The highest BCUT2D eigenvalue weighted by Gasteiger charge is 2.26. The maximum atomic E-state index is 12.1. The lowest BCUT2D eigenvalue weighted by Crippen LogP contribution is -2.44. The number of amides is 2. The number of nitrogens with one attached hydrogen (secondary N) is 1. The molecule has 2 amide bonds. The minimum absolute atomic E-state index is 0.00367. The van der Waals surface area contributed by atoms with Crippen LogP contribution in [-0.2, 0) is 20.9 Å². The van der Waals surface area contributed by atoms with Gasteiger partial charge in [-0.1, -0.05) is 0 Å². The zero-order chi connectivity index (χ0) is 15.1. The molecule has 1 fully saturated rings. The molecule has 1 aromatic heterocycles. The van der Waals surface area contributed by atoms with Crippen LogP contribution >= 0.6 is 0 Å². The SMILES string of the molecule is COCC(=O)N1CCC(C(=O)NCCn2cccc2)CC1. The van der Waals surface area contributed by atoms with Crippen LogP contribution in [0.4, 0.5) is 0 Å². The topological polar surface area (TPSA) is 63.6 Å². The van der Waals surface area contributed by atoms with Gasteiger partial charge < -0.3 is 19.5 Å². The first-order valence-corrected chi connectivity index (χ1v) is 7.36. The molecule has 116 valence electrons. The summed E-state index contributed by atoms with van der Waals surface area (Å²) >= 11 is 0. The second-order valence-electron chi connectivity index (χ2n) is 5.30. The van der Waals surface area contributed by atoms with Crippen molar-refractivity contribution >= 4 is 11.8 Å². The van der Waals surface area contributed by atoms with E-state index in [4.69, 9.17) is 4.74 Å². The van der Waals surface area contributed by atoms with E-state index in [1.54, 1.807) is 4.90 Å². The van der Waals surface area contributed by atoms with Gasteiger partial charge in [-0.15, -0.1) is 0 Å². The normalized spacial score (nSPS) is 16.0. The number of hydrogen-bond donors (Lipinski definition) is 1. The van der Waals surface area contributed by atoms with Gasteiger partial charge in [0.25, 0.3) is 0 Å². The summed E-state index contributed by atoms with van der Waals surface area (Å²) in [6, 6.07) is 3.93. The Morgan fingerprint density at radius 1 is 1.24 bits per heavy atom. The Hall–Kier alpha value is -1.82. The quantitative estimate of drug-likeness (QED) is 0.830. The van der Waals surface area contributed by atoms with Gasteiger partial charge in [0.2, 0.25) is 11.8 Å². The van der Waals surface area contributed by atoms with Crippen molar-refractivity contribution in [1.29, 1.82) is 0 Å². The first-order valence-electron chi connectivity index (χ1n) is 7.36. The fourth-order valence-corrected chi connectivity index (χ4v) is 2.58. The Morgan fingerprint density at radius 2 is 1.90 bits per heavy atom. The summed E-state index contributed by atoms with van der Waals surface area (Å²) in [6.45, 7) is 2.81. The molecule has 0 spiro atoms. The molecule has 1 aliphatic rings. The van der Waals surface area contributed by atoms with Gasteiger partial charge in [-0.05, 0) is 25.0 Å². The van der Waals surface area contributed by atoms with Crippen molar-refractivity contribution in [3.05, 3.63) is 24.5 Å². The molecule has 1 N–H and O–H groups in total. The summed E-state index contributed by atoms with van der Waals surface area (Å²) in [5.74, 6) is 0.117. The molecule has 0 aliphatic carbocycles. The molecular formula is C15H23N3O3. The van der Waals surface area contributed by atoms with Crippen LogP contribution in [0.15, 0.2) is 24.5 Å². The van der Waals surface area contributed by atoms with Gasteiger partial charge in [0.15, 0.2) is 0 Å². The fraction of sp³-hybridized carbons (Fsp3) is 0.600. The molecule has 21 heavy (non-hydrogen) atoms. The maximum absolute atomic E-state index is 12.1. The Balaban J connectivity index is 1.67. The number of nitrogens with zero attached hydrogens (tertiary/aromatic N) is 2. The van der Waals surface area contributed by atoms with Crippen LogP contribution in [0.3, 0.4) is 0 Å². The molecule has 0 saturated carbocycles. The summed E-state index contributed by atoms with van der Waals surface area (Å²) in [5.41, 5.74) is 0. The van der Waals surface area contributed by atoms with Gasteiger partial charge in [-0.25, -0.2) is 0 Å². The lowest BCUT2D eigenvalue weighted by molar-refractivity contribution is -0.138. The van der Waals surface area contributed by atoms with E-state index in [1.165, 1.54) is 7.11 Å². The van der Waals surface area contributed by atoms with Crippen molar-refractivity contribution in [1.82, 2.24) is 14.8 Å². The molecule has 1 aromatic rings. The van der Waals surface area contributed by atoms with Crippen molar-refractivity contribution in [3.8, 4) is 0 Å². The number of carbonyl (C=O) groups excluding carboxylic acids is 2. The Bertz CT molecular complexity index is 451. The van der Waals surface area contributed by atoms with Gasteiger partial charge in [-0.3, -0.25) is 9.59 Å². The van der Waals surface area contributed by atoms with E-state index < -0.39 is 0 Å². The minimum Gasteiger partial charge on any atom is -0.375 e. The molecule has 2 heterocycles. The zero-order valence-corrected chi connectivity index (χ0v) is 12.5. The van der Waals surface area contributed by atoms with Crippen LogP contribution in [0.5, 0.6) is 0 Å². The highest BCUT2D eigenvalue weighted by atomic mass is 16.5. The summed E-state index contributed by atoms with van der Waals surface area (Å²) in [5, 5.41) is 2.97. The molecule has 6 heteroatoms. The first-order chi connectivity index (χ1) is 10.2. The maximum Gasteiger partial charge on any atom is 0.248 e. The highest BCUT2D eigenvalue weighted by molar-refractivity contribution is 5.80. The Labute approximate surface area is 125 Å². The van der Waals surface area contributed by atoms with Crippen LogP contribution in [0.1, 0.15) is 12.8 Å². The second kappa shape index (κ2) is 7.83. The van der Waals surface area contributed by atoms with Crippen LogP contribution in [0.2, 0.25) is 0 Å². The van der Waals surface area contributed by atoms with Crippen molar-refractivity contribution in [2.24, 2.45) is 5.92 Å². The van der Waals surface area contributed by atoms with E-state index >= 15 is 0 Å². The van der Waals surface area contributed by atoms with Crippen molar-refractivity contribution in [2.75, 3.05) is 33.4 Å². The number of methoxy groups -OCH3 is 1. The van der Waals surface area contributed by atoms with Crippen molar-refractivity contribution < 1.29 is 14.3 Å². The number of hydrogen-bond acceptors (Lipinski definition) is 3. The van der Waals surface area contributed by atoms with E-state index in [9.17, 15) is 9.59 Å². The molecule has 0 radical (unpaired) electrons. The molecular weight excluding hydrogens is 270 g/mol. The van der Waals surface area contributed by atoms with Crippen molar-refractivity contribution in [2.45, 2.75) is 19.4 Å². The van der Waals surface area contributed by atoms with Crippen LogP contribution in [0.25, 0.3) is 0 Å². The molecule has 1 aliphatic heterocycles. The van der Waals surface area contributed by atoms with E-state index in [2.05, 4.69) is 5.32 Å². The van der Waals surface area contributed by atoms with Crippen LogP contribution in [0, 0.1) is 5.92 Å². The summed E-state index contributed by atoms with van der Waals surface area (Å²) in [6.07, 6.45) is 5.41. The predicted molar refractivity (Wildman–Crippen MR) is 78.6 cm³/mol. The largest absolute Gasteiger partial charge is 0.375 e. The third-order valence-electron chi connectivity index (χ3n) is 3.82. The van der Waals surface area contributed by atoms with Crippen LogP contribution in [-0.4, -0.2) is 54.6 Å². The predicted octanol–water partition coefficient (Wildman–Crippen LogP) is 0.489. The first kappa shape index (κ1) is 15.6. The third-order valence-corrected chi connectivity index (χ3v) is 3.82. The van der Waals surface area contributed by atoms with Gasteiger partial charge in [0.1, 0.15) is 6.61 Å². The van der Waals surface area contributed by atoms with E-state index in [-0.39, 0.29) is 24.3 Å². The number of aromatic nitrogens is 1. The molecule has 0 atom stereocenters. The van der Waals surface area contributed by atoms with Crippen LogP contribution < -0.4 is 5.32 Å². The highest BCUT2D eigenvalue weighted by Crippen LogP contribution is 2.17. The summed E-state index contributed by atoms with van der Waals surface area (Å²) in [4.78, 5) is 25.5. The smallest absolute Gasteiger partial charge is 0.248 e. The number of ether oxygens (including phenoxy) is 1. The van der Waals surface area contributed by atoms with E-state index in [0.29, 0.717) is 19.6 Å².